The summed E-state index contributed by atoms with van der Waals surface area (Å²) < 4.78 is 24.8. The van der Waals surface area contributed by atoms with E-state index in [0.717, 1.165) is 31.4 Å². The quantitative estimate of drug-likeness (QED) is 0.204. The Morgan fingerprint density at radius 3 is 2.37 bits per heavy atom. The molecular formula is C38H58O8. The Morgan fingerprint density at radius 2 is 1.72 bits per heavy atom. The summed E-state index contributed by atoms with van der Waals surface area (Å²) in [7, 11) is 0. The number of allylic oxidation sites excluding steroid dienone is 2. The SMILES string of the molecule is C#C.CC(=O)O[C@H]([C@H]1CCC2=C(CC3[C@@H]4CCC5C(C)(C)[C@@H](OC6C[C@@H](O)[C@@H](O)CO6)CCC56[C@@H](C)[C@@]46CC[C@]23C)O1)C(C)(C)O. The van der Waals surface area contributed by atoms with Crippen molar-refractivity contribution in [2.24, 2.45) is 45.3 Å². The van der Waals surface area contributed by atoms with E-state index < -0.39 is 30.2 Å². The minimum atomic E-state index is -1.18. The smallest absolute Gasteiger partial charge is 0.303 e. The Labute approximate surface area is 276 Å². The van der Waals surface area contributed by atoms with Gasteiger partial charge in [0, 0.05) is 19.8 Å². The standard InChI is InChI=1S/C36H56O8.C2H2/c1-19-35-15-14-34(7)22-8-10-26(31(33(5,6)40)42-20(2)37)43-27(22)16-23(34)21(35)9-11-28-32(3,4)29(12-13-36(19,28)35)44-30-17-24(38)25(39)18-41-30;1-2/h19,21,23-26,28-31,38-40H,8-18H2,1-7H3;1-2H/t19-,21-,23?,24+,25-,26+,28?,29-,30?,31+,34+,35-,36?;/m0./s1. The van der Waals surface area contributed by atoms with Gasteiger partial charge in [0.25, 0.3) is 0 Å². The Kier molecular flexibility index (Phi) is 8.54. The Morgan fingerprint density at radius 1 is 1.00 bits per heavy atom. The monoisotopic (exact) mass is 642 g/mol. The number of ether oxygens (including phenoxy) is 4. The van der Waals surface area contributed by atoms with Crippen LogP contribution in [0.2, 0.25) is 0 Å². The van der Waals surface area contributed by atoms with Crippen molar-refractivity contribution in [3.8, 4) is 12.8 Å². The number of hydrogen-bond acceptors (Lipinski definition) is 8. The van der Waals surface area contributed by atoms with E-state index in [1.807, 2.05) is 0 Å². The van der Waals surface area contributed by atoms with Gasteiger partial charge in [-0.05, 0) is 116 Å². The average molecular weight is 643 g/mol. The van der Waals surface area contributed by atoms with Crippen LogP contribution in [0, 0.1) is 58.2 Å². The molecule has 5 aliphatic carbocycles. The second-order valence-electron chi connectivity index (χ2n) is 17.2. The molecule has 0 aromatic heterocycles. The highest BCUT2D eigenvalue weighted by Crippen LogP contribution is 2.89. The molecule has 4 unspecified atom stereocenters. The van der Waals surface area contributed by atoms with E-state index in [1.165, 1.54) is 44.6 Å². The van der Waals surface area contributed by atoms with Gasteiger partial charge in [-0.1, -0.05) is 27.7 Å². The molecule has 0 aromatic carbocycles. The summed E-state index contributed by atoms with van der Waals surface area (Å²) >= 11 is 0. The van der Waals surface area contributed by atoms with E-state index in [2.05, 4.69) is 40.5 Å². The first kappa shape index (κ1) is 34.2. The topological polar surface area (TPSA) is 115 Å². The van der Waals surface area contributed by atoms with E-state index in [4.69, 9.17) is 18.9 Å². The maximum atomic E-state index is 11.9. The van der Waals surface area contributed by atoms with Crippen LogP contribution in [0.5, 0.6) is 0 Å². The molecule has 0 aromatic rings. The molecule has 7 aliphatic rings. The molecular weight excluding hydrogens is 584 g/mol. The summed E-state index contributed by atoms with van der Waals surface area (Å²) in [5, 5.41) is 31.0. The molecule has 2 aliphatic heterocycles. The van der Waals surface area contributed by atoms with Gasteiger partial charge in [-0.3, -0.25) is 4.79 Å². The first-order valence-corrected chi connectivity index (χ1v) is 17.8. The average Bonchev–Trinajstić information content (AvgIpc) is 3.37. The number of esters is 1. The van der Waals surface area contributed by atoms with Gasteiger partial charge in [0.05, 0.1) is 30.2 Å². The highest BCUT2D eigenvalue weighted by atomic mass is 16.7. The third-order valence-electron chi connectivity index (χ3n) is 14.7. The lowest BCUT2D eigenvalue weighted by atomic mass is 9.46. The van der Waals surface area contributed by atoms with Crippen molar-refractivity contribution in [2.45, 2.75) is 155 Å². The van der Waals surface area contributed by atoms with Gasteiger partial charge < -0.3 is 34.3 Å². The number of aliphatic hydroxyl groups excluding tert-OH is 2. The number of fused-ring (bicyclic) bond motifs is 3. The van der Waals surface area contributed by atoms with E-state index >= 15 is 0 Å². The molecule has 2 heterocycles. The minimum absolute atomic E-state index is 0.00156. The predicted octanol–water partition coefficient (Wildman–Crippen LogP) is 5.51. The minimum Gasteiger partial charge on any atom is -0.491 e. The maximum Gasteiger partial charge on any atom is 0.303 e. The molecule has 4 saturated carbocycles. The lowest BCUT2D eigenvalue weighted by Gasteiger charge is -2.59. The number of carbonyl (C=O) groups excluding carboxylic acids is 1. The number of hydrogen-bond donors (Lipinski definition) is 3. The Balaban J connectivity index is 0.00000182. The fraction of sp³-hybridized carbons (Fsp3) is 0.868. The van der Waals surface area contributed by atoms with Crippen molar-refractivity contribution in [1.82, 2.24) is 0 Å². The second-order valence-corrected chi connectivity index (χ2v) is 17.2. The molecule has 46 heavy (non-hydrogen) atoms. The van der Waals surface area contributed by atoms with Crippen molar-refractivity contribution in [1.29, 1.82) is 0 Å². The summed E-state index contributed by atoms with van der Waals surface area (Å²) in [6.07, 6.45) is 15.1. The Hall–Kier alpha value is -1.63. The van der Waals surface area contributed by atoms with Crippen LogP contribution in [0.15, 0.2) is 11.3 Å². The first-order valence-electron chi connectivity index (χ1n) is 17.8. The zero-order valence-electron chi connectivity index (χ0n) is 29.1. The molecule has 8 nitrogen and oxygen atoms in total. The molecule has 13 atom stereocenters. The summed E-state index contributed by atoms with van der Waals surface area (Å²) in [5.41, 5.74) is 1.17. The van der Waals surface area contributed by atoms with Gasteiger partial charge in [0.1, 0.15) is 12.2 Å². The van der Waals surface area contributed by atoms with Crippen LogP contribution in [-0.2, 0) is 23.7 Å². The van der Waals surface area contributed by atoms with Gasteiger partial charge in [-0.2, -0.15) is 0 Å². The summed E-state index contributed by atoms with van der Waals surface area (Å²) in [4.78, 5) is 11.9. The van der Waals surface area contributed by atoms with Crippen molar-refractivity contribution < 1.29 is 39.1 Å². The fourth-order valence-electron chi connectivity index (χ4n) is 12.7. The molecule has 1 saturated heterocycles. The molecule has 0 radical (unpaired) electrons. The third-order valence-corrected chi connectivity index (χ3v) is 14.7. The van der Waals surface area contributed by atoms with Gasteiger partial charge in [-0.25, -0.2) is 0 Å². The van der Waals surface area contributed by atoms with Crippen LogP contribution in [0.25, 0.3) is 0 Å². The number of rotatable bonds is 5. The predicted molar refractivity (Wildman–Crippen MR) is 173 cm³/mol. The normalized spacial score (nSPS) is 47.7. The number of terminal acetylenes is 1. The van der Waals surface area contributed by atoms with E-state index in [1.54, 1.807) is 13.8 Å². The zero-order valence-corrected chi connectivity index (χ0v) is 29.1. The maximum absolute atomic E-state index is 11.9. The number of carbonyl (C=O) groups is 1. The molecule has 8 heteroatoms. The van der Waals surface area contributed by atoms with Crippen LogP contribution >= 0.6 is 0 Å². The fourth-order valence-corrected chi connectivity index (χ4v) is 12.7. The lowest BCUT2D eigenvalue weighted by Crippen LogP contribution is -2.55. The van der Waals surface area contributed by atoms with Gasteiger partial charge >= 0.3 is 5.97 Å². The molecule has 258 valence electrons. The Bertz CT molecular complexity index is 1250. The van der Waals surface area contributed by atoms with Crippen LogP contribution in [0.4, 0.5) is 0 Å². The first-order chi connectivity index (χ1) is 21.6. The molecule has 3 N–H and O–H groups in total. The van der Waals surface area contributed by atoms with E-state index in [-0.39, 0.29) is 35.6 Å². The highest BCUT2D eigenvalue weighted by Gasteiger charge is 2.84. The molecule has 7 rings (SSSR count). The molecule has 2 spiro atoms. The number of aliphatic hydroxyl groups is 3. The summed E-state index contributed by atoms with van der Waals surface area (Å²) in [5.74, 6) is 3.25. The van der Waals surface area contributed by atoms with Gasteiger partial charge in [0.15, 0.2) is 12.4 Å². The van der Waals surface area contributed by atoms with Crippen molar-refractivity contribution in [2.75, 3.05) is 6.61 Å². The highest BCUT2D eigenvalue weighted by molar-refractivity contribution is 5.66. The summed E-state index contributed by atoms with van der Waals surface area (Å²) in [6.45, 7) is 14.8. The van der Waals surface area contributed by atoms with Gasteiger partial charge in [0.2, 0.25) is 0 Å². The zero-order chi connectivity index (χ0) is 33.6. The van der Waals surface area contributed by atoms with E-state index in [0.29, 0.717) is 40.9 Å². The van der Waals surface area contributed by atoms with Crippen LogP contribution in [-0.4, -0.2) is 70.3 Å². The molecule has 0 amide bonds. The van der Waals surface area contributed by atoms with Crippen molar-refractivity contribution >= 4 is 5.97 Å². The third kappa shape index (κ3) is 4.76. The lowest BCUT2D eigenvalue weighted by molar-refractivity contribution is -0.264. The summed E-state index contributed by atoms with van der Waals surface area (Å²) in [6, 6.07) is 0. The van der Waals surface area contributed by atoms with Gasteiger partial charge in [-0.15, -0.1) is 12.8 Å². The molecule has 5 fully saturated rings. The van der Waals surface area contributed by atoms with E-state index in [9.17, 15) is 20.1 Å². The van der Waals surface area contributed by atoms with Crippen LogP contribution < -0.4 is 0 Å². The van der Waals surface area contributed by atoms with Crippen molar-refractivity contribution in [3.05, 3.63) is 11.3 Å². The molecule has 0 bridgehead atoms. The van der Waals surface area contributed by atoms with Crippen molar-refractivity contribution in [3.63, 3.8) is 0 Å². The van der Waals surface area contributed by atoms with Crippen LogP contribution in [0.3, 0.4) is 0 Å². The van der Waals surface area contributed by atoms with Crippen LogP contribution in [0.1, 0.15) is 113 Å². The largest absolute Gasteiger partial charge is 0.491 e. The second kappa shape index (κ2) is 11.5.